The Kier molecular flexibility index (Phi) is 4.73. The molecule has 0 bridgehead atoms. The van der Waals surface area contributed by atoms with Gasteiger partial charge in [-0.2, -0.15) is 0 Å². The summed E-state index contributed by atoms with van der Waals surface area (Å²) in [6.07, 6.45) is 8.56. The maximum Gasteiger partial charge on any atom is 0.271 e. The van der Waals surface area contributed by atoms with Crippen molar-refractivity contribution in [2.45, 2.75) is 32.6 Å². The van der Waals surface area contributed by atoms with E-state index < -0.39 is 0 Å². The Morgan fingerprint density at radius 1 is 1.32 bits per heavy atom. The minimum atomic E-state index is -0.0810. The van der Waals surface area contributed by atoms with Gasteiger partial charge in [0.1, 0.15) is 11.3 Å². The van der Waals surface area contributed by atoms with E-state index in [4.69, 9.17) is 0 Å². The first-order valence-corrected chi connectivity index (χ1v) is 8.18. The number of rotatable bonds is 6. The molecule has 22 heavy (non-hydrogen) atoms. The van der Waals surface area contributed by atoms with Gasteiger partial charge >= 0.3 is 0 Å². The Bertz CT molecular complexity index is 643. The number of carbonyl (C=O) groups excluding carboxylic acids is 1. The second kappa shape index (κ2) is 6.92. The van der Waals surface area contributed by atoms with E-state index in [0.29, 0.717) is 5.69 Å². The third kappa shape index (κ3) is 3.65. The molecular formula is C17H24N4O. The molecule has 0 atom stereocenters. The van der Waals surface area contributed by atoms with Crippen LogP contribution in [0.15, 0.2) is 24.5 Å². The van der Waals surface area contributed by atoms with E-state index in [2.05, 4.69) is 15.2 Å². The molecule has 5 nitrogen and oxygen atoms in total. The molecule has 118 valence electrons. The summed E-state index contributed by atoms with van der Waals surface area (Å²) in [5, 5.41) is 2.97. The zero-order valence-corrected chi connectivity index (χ0v) is 13.2. The fourth-order valence-electron chi connectivity index (χ4n) is 2.95. The van der Waals surface area contributed by atoms with Crippen molar-refractivity contribution in [1.82, 2.24) is 19.6 Å². The minimum absolute atomic E-state index is 0.0810. The summed E-state index contributed by atoms with van der Waals surface area (Å²) in [4.78, 5) is 19.0. The van der Waals surface area contributed by atoms with Crippen molar-refractivity contribution in [3.63, 3.8) is 0 Å². The highest BCUT2D eigenvalue weighted by Crippen LogP contribution is 2.09. The van der Waals surface area contributed by atoms with Crippen LogP contribution in [0.25, 0.3) is 5.65 Å². The van der Waals surface area contributed by atoms with Crippen molar-refractivity contribution in [2.24, 2.45) is 0 Å². The lowest BCUT2D eigenvalue weighted by atomic mass is 10.3. The topological polar surface area (TPSA) is 49.6 Å². The van der Waals surface area contributed by atoms with Crippen LogP contribution >= 0.6 is 0 Å². The highest BCUT2D eigenvalue weighted by Gasteiger charge is 2.12. The van der Waals surface area contributed by atoms with E-state index in [-0.39, 0.29) is 5.91 Å². The molecule has 1 aliphatic rings. The summed E-state index contributed by atoms with van der Waals surface area (Å²) in [7, 11) is 0. The van der Waals surface area contributed by atoms with E-state index >= 15 is 0 Å². The first-order valence-electron chi connectivity index (χ1n) is 8.18. The van der Waals surface area contributed by atoms with Crippen LogP contribution in [0.2, 0.25) is 0 Å². The van der Waals surface area contributed by atoms with Gasteiger partial charge in [0.05, 0.1) is 0 Å². The highest BCUT2D eigenvalue weighted by atomic mass is 16.1. The Hall–Kier alpha value is -1.88. The van der Waals surface area contributed by atoms with Crippen molar-refractivity contribution in [3.05, 3.63) is 35.8 Å². The molecule has 2 aromatic heterocycles. The molecular weight excluding hydrogens is 276 g/mol. The average molecular weight is 300 g/mol. The lowest BCUT2D eigenvalue weighted by Gasteiger charge is -2.13. The van der Waals surface area contributed by atoms with E-state index in [1.807, 2.05) is 29.7 Å². The smallest absolute Gasteiger partial charge is 0.271 e. The number of likely N-dealkylation sites (tertiary alicyclic amines) is 1. The van der Waals surface area contributed by atoms with Gasteiger partial charge in [0, 0.05) is 18.9 Å². The number of imidazole rings is 1. The fraction of sp³-hybridized carbons (Fsp3) is 0.529. The first-order chi connectivity index (χ1) is 10.7. The number of pyridine rings is 1. The molecule has 3 rings (SSSR count). The standard InChI is InChI=1S/C17H24N4O/c1-14-6-11-21-13-15(19-16(21)12-14)17(22)18-7-2-3-8-20-9-4-5-10-20/h6,11-13H,2-5,7-10H2,1H3,(H,18,22). The van der Waals surface area contributed by atoms with Crippen LogP contribution in [-0.2, 0) is 0 Å². The number of aromatic nitrogens is 2. The molecule has 1 amide bonds. The van der Waals surface area contributed by atoms with Crippen molar-refractivity contribution in [2.75, 3.05) is 26.2 Å². The molecule has 1 saturated heterocycles. The van der Waals surface area contributed by atoms with E-state index in [1.165, 1.54) is 25.9 Å². The van der Waals surface area contributed by atoms with Crippen molar-refractivity contribution >= 4 is 11.6 Å². The number of fused-ring (bicyclic) bond motifs is 1. The molecule has 1 N–H and O–H groups in total. The largest absolute Gasteiger partial charge is 0.351 e. The maximum atomic E-state index is 12.1. The minimum Gasteiger partial charge on any atom is -0.351 e. The van der Waals surface area contributed by atoms with Gasteiger partial charge in [0.15, 0.2) is 0 Å². The molecule has 0 unspecified atom stereocenters. The third-order valence-corrected chi connectivity index (χ3v) is 4.23. The summed E-state index contributed by atoms with van der Waals surface area (Å²) in [6, 6.07) is 3.99. The molecule has 2 aromatic rings. The van der Waals surface area contributed by atoms with Gasteiger partial charge in [0.25, 0.3) is 5.91 Å². The first kappa shape index (κ1) is 15.0. The number of amides is 1. The van der Waals surface area contributed by atoms with E-state index in [9.17, 15) is 4.79 Å². The molecule has 3 heterocycles. The summed E-state index contributed by atoms with van der Waals surface area (Å²) in [6.45, 7) is 6.39. The second-order valence-electron chi connectivity index (χ2n) is 6.11. The summed E-state index contributed by atoms with van der Waals surface area (Å²) in [5.74, 6) is -0.0810. The Balaban J connectivity index is 1.44. The van der Waals surface area contributed by atoms with Gasteiger partial charge in [-0.05, 0) is 69.9 Å². The lowest BCUT2D eigenvalue weighted by molar-refractivity contribution is 0.0948. The van der Waals surface area contributed by atoms with Crippen LogP contribution in [0.4, 0.5) is 0 Å². The van der Waals surface area contributed by atoms with Crippen LogP contribution < -0.4 is 5.32 Å². The number of unbranched alkanes of at least 4 members (excludes halogenated alkanes) is 1. The Morgan fingerprint density at radius 3 is 2.95 bits per heavy atom. The van der Waals surface area contributed by atoms with E-state index in [0.717, 1.165) is 37.1 Å². The number of aryl methyl sites for hydroxylation is 1. The lowest BCUT2D eigenvalue weighted by Crippen LogP contribution is -2.26. The Morgan fingerprint density at radius 2 is 2.14 bits per heavy atom. The predicted octanol–water partition coefficient (Wildman–Crippen LogP) is 2.25. The summed E-state index contributed by atoms with van der Waals surface area (Å²) < 4.78 is 1.88. The molecule has 0 saturated carbocycles. The molecule has 1 aliphatic heterocycles. The zero-order chi connectivity index (χ0) is 15.4. The van der Waals surface area contributed by atoms with Crippen LogP contribution in [-0.4, -0.2) is 46.4 Å². The molecule has 0 aromatic carbocycles. The van der Waals surface area contributed by atoms with Gasteiger partial charge in [-0.15, -0.1) is 0 Å². The van der Waals surface area contributed by atoms with Gasteiger partial charge in [0.2, 0.25) is 0 Å². The number of hydrogen-bond donors (Lipinski definition) is 1. The molecule has 0 spiro atoms. The van der Waals surface area contributed by atoms with Gasteiger partial charge in [-0.25, -0.2) is 4.98 Å². The van der Waals surface area contributed by atoms with Gasteiger partial charge in [-0.1, -0.05) is 0 Å². The number of nitrogens with one attached hydrogen (secondary N) is 1. The number of nitrogens with zero attached hydrogens (tertiary/aromatic N) is 3. The quantitative estimate of drug-likeness (QED) is 0.833. The van der Waals surface area contributed by atoms with Crippen LogP contribution in [0.3, 0.4) is 0 Å². The number of carbonyl (C=O) groups is 1. The second-order valence-corrected chi connectivity index (χ2v) is 6.11. The van der Waals surface area contributed by atoms with Crippen LogP contribution in [0.5, 0.6) is 0 Å². The monoisotopic (exact) mass is 300 g/mol. The molecule has 0 radical (unpaired) electrons. The Labute approximate surface area is 131 Å². The maximum absolute atomic E-state index is 12.1. The van der Waals surface area contributed by atoms with Crippen molar-refractivity contribution in [3.8, 4) is 0 Å². The highest BCUT2D eigenvalue weighted by molar-refractivity contribution is 5.92. The van der Waals surface area contributed by atoms with Gasteiger partial charge in [-0.3, -0.25) is 4.79 Å². The SMILES string of the molecule is Cc1ccn2cc(C(=O)NCCCCN3CCCC3)nc2c1. The molecule has 1 fully saturated rings. The fourth-order valence-corrected chi connectivity index (χ4v) is 2.95. The summed E-state index contributed by atoms with van der Waals surface area (Å²) in [5.41, 5.74) is 2.45. The third-order valence-electron chi connectivity index (χ3n) is 4.23. The number of hydrogen-bond acceptors (Lipinski definition) is 3. The van der Waals surface area contributed by atoms with Crippen molar-refractivity contribution < 1.29 is 4.79 Å². The average Bonchev–Trinajstić information content (AvgIpc) is 3.15. The van der Waals surface area contributed by atoms with Crippen LogP contribution in [0, 0.1) is 6.92 Å². The van der Waals surface area contributed by atoms with Gasteiger partial charge < -0.3 is 14.6 Å². The molecule has 0 aliphatic carbocycles. The van der Waals surface area contributed by atoms with Crippen LogP contribution in [0.1, 0.15) is 41.7 Å². The predicted molar refractivity (Wildman–Crippen MR) is 87.2 cm³/mol. The normalized spacial score (nSPS) is 15.5. The molecule has 5 heteroatoms. The zero-order valence-electron chi connectivity index (χ0n) is 13.2. The van der Waals surface area contributed by atoms with E-state index in [1.54, 1.807) is 6.20 Å². The summed E-state index contributed by atoms with van der Waals surface area (Å²) >= 11 is 0. The van der Waals surface area contributed by atoms with Crippen molar-refractivity contribution in [1.29, 1.82) is 0 Å².